The van der Waals surface area contributed by atoms with Crippen molar-refractivity contribution in [3.63, 3.8) is 0 Å². The van der Waals surface area contributed by atoms with Gasteiger partial charge in [0.25, 0.3) is 0 Å². The SMILES string of the molecule is CC[C@@H](NC(=O)[C@@H](Cc1ccccc1)NC(C)=O)C(=O)O. The van der Waals surface area contributed by atoms with Gasteiger partial charge in [-0.3, -0.25) is 9.59 Å². The van der Waals surface area contributed by atoms with Crippen molar-refractivity contribution in [2.75, 3.05) is 0 Å². The Kier molecular flexibility index (Phi) is 6.39. The summed E-state index contributed by atoms with van der Waals surface area (Å²) in [6, 6.07) is 7.47. The third-order valence-corrected chi connectivity index (χ3v) is 3.00. The summed E-state index contributed by atoms with van der Waals surface area (Å²) in [6.07, 6.45) is 0.585. The van der Waals surface area contributed by atoms with E-state index >= 15 is 0 Å². The van der Waals surface area contributed by atoms with E-state index in [1.54, 1.807) is 6.92 Å². The van der Waals surface area contributed by atoms with E-state index in [4.69, 9.17) is 5.11 Å². The van der Waals surface area contributed by atoms with E-state index < -0.39 is 24.0 Å². The average Bonchev–Trinajstić information content (AvgIpc) is 2.44. The lowest BCUT2D eigenvalue weighted by molar-refractivity contribution is -0.142. The first-order valence-corrected chi connectivity index (χ1v) is 6.78. The molecule has 0 saturated carbocycles. The van der Waals surface area contributed by atoms with Gasteiger partial charge in [-0.05, 0) is 12.0 Å². The first-order valence-electron chi connectivity index (χ1n) is 6.78. The van der Waals surface area contributed by atoms with Crippen LogP contribution in [0.3, 0.4) is 0 Å². The molecule has 0 bridgehead atoms. The summed E-state index contributed by atoms with van der Waals surface area (Å²) >= 11 is 0. The predicted molar refractivity (Wildman–Crippen MR) is 77.6 cm³/mol. The smallest absolute Gasteiger partial charge is 0.326 e. The largest absolute Gasteiger partial charge is 0.480 e. The molecule has 3 N–H and O–H groups in total. The molecule has 0 radical (unpaired) electrons. The Morgan fingerprint density at radius 3 is 2.19 bits per heavy atom. The number of aliphatic carboxylic acids is 1. The molecule has 0 saturated heterocycles. The molecule has 0 aliphatic heterocycles. The third kappa shape index (κ3) is 5.64. The van der Waals surface area contributed by atoms with Gasteiger partial charge < -0.3 is 15.7 Å². The molecular formula is C15H20N2O4. The van der Waals surface area contributed by atoms with Crippen LogP contribution in [0.5, 0.6) is 0 Å². The van der Waals surface area contributed by atoms with Crippen LogP contribution in [-0.2, 0) is 20.8 Å². The van der Waals surface area contributed by atoms with Gasteiger partial charge in [0.2, 0.25) is 11.8 Å². The van der Waals surface area contributed by atoms with Gasteiger partial charge in [0.05, 0.1) is 0 Å². The van der Waals surface area contributed by atoms with Crippen molar-refractivity contribution in [3.8, 4) is 0 Å². The summed E-state index contributed by atoms with van der Waals surface area (Å²) in [5, 5.41) is 14.0. The first-order chi connectivity index (χ1) is 9.93. The van der Waals surface area contributed by atoms with Crippen LogP contribution in [0.15, 0.2) is 30.3 Å². The van der Waals surface area contributed by atoms with Gasteiger partial charge in [-0.25, -0.2) is 4.79 Å². The highest BCUT2D eigenvalue weighted by atomic mass is 16.4. The van der Waals surface area contributed by atoms with Crippen LogP contribution >= 0.6 is 0 Å². The van der Waals surface area contributed by atoms with E-state index in [0.717, 1.165) is 5.56 Å². The minimum absolute atomic E-state index is 0.277. The zero-order valence-corrected chi connectivity index (χ0v) is 12.1. The summed E-state index contributed by atoms with van der Waals surface area (Å²) in [5.41, 5.74) is 0.884. The molecule has 114 valence electrons. The van der Waals surface area contributed by atoms with E-state index in [0.29, 0.717) is 6.42 Å². The molecule has 1 rings (SSSR count). The Labute approximate surface area is 123 Å². The van der Waals surface area contributed by atoms with E-state index in [-0.39, 0.29) is 12.3 Å². The molecule has 1 aromatic rings. The van der Waals surface area contributed by atoms with Crippen LogP contribution in [0.25, 0.3) is 0 Å². The molecule has 6 nitrogen and oxygen atoms in total. The number of benzene rings is 1. The van der Waals surface area contributed by atoms with Crippen molar-refractivity contribution in [3.05, 3.63) is 35.9 Å². The summed E-state index contributed by atoms with van der Waals surface area (Å²) in [4.78, 5) is 34.4. The van der Waals surface area contributed by atoms with Crippen molar-refractivity contribution in [1.82, 2.24) is 10.6 Å². The monoisotopic (exact) mass is 292 g/mol. The highest BCUT2D eigenvalue weighted by Crippen LogP contribution is 2.04. The number of rotatable bonds is 7. The zero-order chi connectivity index (χ0) is 15.8. The van der Waals surface area contributed by atoms with Gasteiger partial charge in [0, 0.05) is 13.3 Å². The van der Waals surface area contributed by atoms with Crippen molar-refractivity contribution < 1.29 is 19.5 Å². The first kappa shape index (κ1) is 16.7. The highest BCUT2D eigenvalue weighted by molar-refractivity contribution is 5.90. The van der Waals surface area contributed by atoms with Gasteiger partial charge in [-0.15, -0.1) is 0 Å². The van der Waals surface area contributed by atoms with Crippen molar-refractivity contribution >= 4 is 17.8 Å². The Balaban J connectivity index is 2.79. The Morgan fingerprint density at radius 1 is 1.10 bits per heavy atom. The fraction of sp³-hybridized carbons (Fsp3) is 0.400. The normalized spacial score (nSPS) is 13.0. The topological polar surface area (TPSA) is 95.5 Å². The number of carbonyl (C=O) groups is 3. The number of carboxylic acid groups (broad SMARTS) is 1. The molecule has 21 heavy (non-hydrogen) atoms. The molecular weight excluding hydrogens is 272 g/mol. The highest BCUT2D eigenvalue weighted by Gasteiger charge is 2.24. The molecule has 0 spiro atoms. The van der Waals surface area contributed by atoms with E-state index in [1.165, 1.54) is 6.92 Å². The van der Waals surface area contributed by atoms with Crippen molar-refractivity contribution in [2.45, 2.75) is 38.8 Å². The second kappa shape index (κ2) is 8.04. The fourth-order valence-electron chi connectivity index (χ4n) is 1.92. The summed E-state index contributed by atoms with van der Waals surface area (Å²) in [7, 11) is 0. The zero-order valence-electron chi connectivity index (χ0n) is 12.1. The number of carboxylic acids is 1. The minimum Gasteiger partial charge on any atom is -0.480 e. The van der Waals surface area contributed by atoms with Gasteiger partial charge in [-0.1, -0.05) is 37.3 Å². The molecule has 0 heterocycles. The maximum Gasteiger partial charge on any atom is 0.326 e. The lowest BCUT2D eigenvalue weighted by Crippen LogP contribution is -2.51. The molecule has 2 atom stereocenters. The van der Waals surface area contributed by atoms with Crippen LogP contribution in [0.1, 0.15) is 25.8 Å². The number of hydrogen-bond donors (Lipinski definition) is 3. The molecule has 2 amide bonds. The third-order valence-electron chi connectivity index (χ3n) is 3.00. The second-order valence-electron chi connectivity index (χ2n) is 4.75. The summed E-state index contributed by atoms with van der Waals surface area (Å²) in [5.74, 6) is -1.93. The molecule has 0 unspecified atom stereocenters. The van der Waals surface area contributed by atoms with Crippen LogP contribution in [0.2, 0.25) is 0 Å². The number of hydrogen-bond acceptors (Lipinski definition) is 3. The average molecular weight is 292 g/mol. The van der Waals surface area contributed by atoms with Gasteiger partial charge in [-0.2, -0.15) is 0 Å². The molecule has 0 fully saturated rings. The van der Waals surface area contributed by atoms with Crippen LogP contribution in [0, 0.1) is 0 Å². The van der Waals surface area contributed by atoms with E-state index in [1.807, 2.05) is 30.3 Å². The maximum absolute atomic E-state index is 12.2. The molecule has 1 aromatic carbocycles. The lowest BCUT2D eigenvalue weighted by Gasteiger charge is -2.20. The van der Waals surface area contributed by atoms with Crippen molar-refractivity contribution in [2.24, 2.45) is 0 Å². The number of amides is 2. The van der Waals surface area contributed by atoms with Gasteiger partial charge >= 0.3 is 5.97 Å². The lowest BCUT2D eigenvalue weighted by atomic mass is 10.0. The quantitative estimate of drug-likeness (QED) is 0.690. The molecule has 0 aromatic heterocycles. The standard InChI is InChI=1S/C15H20N2O4/c1-3-12(15(20)21)17-14(19)13(16-10(2)18)9-11-7-5-4-6-8-11/h4-8,12-13H,3,9H2,1-2H3,(H,16,18)(H,17,19)(H,20,21)/t12-,13-/m1/s1. The Bertz CT molecular complexity index is 502. The molecule has 0 aliphatic rings. The van der Waals surface area contributed by atoms with Crippen LogP contribution in [-0.4, -0.2) is 35.0 Å². The summed E-state index contributed by atoms with van der Waals surface area (Å²) in [6.45, 7) is 2.99. The minimum atomic E-state index is -1.09. The summed E-state index contributed by atoms with van der Waals surface area (Å²) < 4.78 is 0. The predicted octanol–water partition coefficient (Wildman–Crippen LogP) is 0.713. The van der Waals surface area contributed by atoms with Gasteiger partial charge in [0.1, 0.15) is 12.1 Å². The second-order valence-corrected chi connectivity index (χ2v) is 4.75. The maximum atomic E-state index is 12.2. The van der Waals surface area contributed by atoms with Crippen molar-refractivity contribution in [1.29, 1.82) is 0 Å². The van der Waals surface area contributed by atoms with Crippen LogP contribution < -0.4 is 10.6 Å². The van der Waals surface area contributed by atoms with E-state index in [2.05, 4.69) is 10.6 Å². The Morgan fingerprint density at radius 2 is 1.71 bits per heavy atom. The van der Waals surface area contributed by atoms with E-state index in [9.17, 15) is 14.4 Å². The van der Waals surface area contributed by atoms with Crippen LogP contribution in [0.4, 0.5) is 0 Å². The molecule has 6 heteroatoms. The molecule has 0 aliphatic carbocycles. The Hall–Kier alpha value is -2.37. The fourth-order valence-corrected chi connectivity index (χ4v) is 1.92. The number of nitrogens with one attached hydrogen (secondary N) is 2. The number of carbonyl (C=O) groups excluding carboxylic acids is 2. The van der Waals surface area contributed by atoms with Gasteiger partial charge in [0.15, 0.2) is 0 Å².